The van der Waals surface area contributed by atoms with Gasteiger partial charge in [-0.3, -0.25) is 0 Å². The molecule has 0 aliphatic heterocycles. The summed E-state index contributed by atoms with van der Waals surface area (Å²) in [4.78, 5) is 10.8. The molecule has 0 bridgehead atoms. The minimum atomic E-state index is -3.64. The zero-order chi connectivity index (χ0) is 15.5. The fraction of sp³-hybridized carbons (Fsp3) is 0.462. The molecule has 0 fully saturated rings. The van der Waals surface area contributed by atoms with Gasteiger partial charge in [0, 0.05) is 5.02 Å². The first-order valence-electron chi connectivity index (χ1n) is 6.10. The van der Waals surface area contributed by atoms with Crippen molar-refractivity contribution in [3.05, 3.63) is 27.7 Å². The second kappa shape index (κ2) is 6.78. The molecule has 4 nitrogen and oxygen atoms in total. The fourth-order valence-electron chi connectivity index (χ4n) is 1.74. The largest absolute Gasteiger partial charge is 0.478 e. The average Bonchev–Trinajstić information content (AvgIpc) is 2.30. The summed E-state index contributed by atoms with van der Waals surface area (Å²) >= 11 is 11.7. The predicted molar refractivity (Wildman–Crippen MR) is 79.5 cm³/mol. The summed E-state index contributed by atoms with van der Waals surface area (Å²) in [6, 6.07) is 2.33. The molecule has 0 heterocycles. The number of sulfone groups is 1. The van der Waals surface area contributed by atoms with Crippen molar-refractivity contribution < 1.29 is 18.3 Å². The zero-order valence-corrected chi connectivity index (χ0v) is 13.5. The maximum Gasteiger partial charge on any atom is 0.337 e. The van der Waals surface area contributed by atoms with Crippen molar-refractivity contribution in [2.45, 2.75) is 31.6 Å². The Hall–Kier alpha value is -0.780. The van der Waals surface area contributed by atoms with E-state index in [-0.39, 0.29) is 26.3 Å². The molecule has 0 aliphatic rings. The van der Waals surface area contributed by atoms with Gasteiger partial charge in [-0.15, -0.1) is 0 Å². The van der Waals surface area contributed by atoms with Crippen molar-refractivity contribution >= 4 is 39.0 Å². The predicted octanol–water partition coefficient (Wildman–Crippen LogP) is 3.90. The lowest BCUT2D eigenvalue weighted by Gasteiger charge is -2.10. The number of rotatable bonds is 6. The van der Waals surface area contributed by atoms with Gasteiger partial charge in [-0.1, -0.05) is 37.0 Å². The first kappa shape index (κ1) is 17.3. The van der Waals surface area contributed by atoms with E-state index in [1.807, 2.05) is 13.8 Å². The number of carboxylic acids is 1. The normalized spacial score (nSPS) is 11.8. The summed E-state index contributed by atoms with van der Waals surface area (Å²) in [6.45, 7) is 4.00. The van der Waals surface area contributed by atoms with E-state index in [2.05, 4.69) is 0 Å². The highest BCUT2D eigenvalue weighted by Crippen LogP contribution is 2.30. The van der Waals surface area contributed by atoms with Crippen LogP contribution in [0.4, 0.5) is 0 Å². The number of benzene rings is 1. The van der Waals surface area contributed by atoms with Gasteiger partial charge in [0.15, 0.2) is 9.84 Å². The lowest BCUT2D eigenvalue weighted by atomic mass is 10.1. The number of hydrogen-bond acceptors (Lipinski definition) is 3. The van der Waals surface area contributed by atoms with Crippen molar-refractivity contribution in [1.82, 2.24) is 0 Å². The molecule has 20 heavy (non-hydrogen) atoms. The maximum atomic E-state index is 12.2. The molecule has 0 unspecified atom stereocenters. The van der Waals surface area contributed by atoms with Gasteiger partial charge < -0.3 is 5.11 Å². The van der Waals surface area contributed by atoms with Crippen LogP contribution in [0.15, 0.2) is 17.0 Å². The molecule has 0 aliphatic carbocycles. The summed E-state index contributed by atoms with van der Waals surface area (Å²) in [6.07, 6.45) is 1.26. The van der Waals surface area contributed by atoms with Gasteiger partial charge in [-0.2, -0.15) is 0 Å². The van der Waals surface area contributed by atoms with Crippen LogP contribution in [0.3, 0.4) is 0 Å². The van der Waals surface area contributed by atoms with E-state index in [9.17, 15) is 13.2 Å². The fourth-order valence-corrected chi connectivity index (χ4v) is 4.02. The molecule has 0 aromatic heterocycles. The van der Waals surface area contributed by atoms with Gasteiger partial charge in [0.25, 0.3) is 0 Å². The number of carboxylic acid groups (broad SMARTS) is 1. The van der Waals surface area contributed by atoms with Crippen LogP contribution in [0.25, 0.3) is 0 Å². The molecule has 0 radical (unpaired) electrons. The number of carbonyl (C=O) groups is 1. The highest BCUT2D eigenvalue weighted by atomic mass is 35.5. The Balaban J connectivity index is 3.15. The van der Waals surface area contributed by atoms with E-state index in [0.29, 0.717) is 12.3 Å². The second-order valence-corrected chi connectivity index (χ2v) is 7.82. The Morgan fingerprint density at radius 1 is 1.30 bits per heavy atom. The third-order valence-electron chi connectivity index (χ3n) is 2.76. The molecule has 0 amide bonds. The molecule has 0 saturated carbocycles. The molecule has 112 valence electrons. The second-order valence-electron chi connectivity index (χ2n) is 4.93. The zero-order valence-electron chi connectivity index (χ0n) is 11.2. The number of halogens is 2. The number of hydrogen-bond donors (Lipinski definition) is 1. The Morgan fingerprint density at radius 2 is 1.90 bits per heavy atom. The van der Waals surface area contributed by atoms with Crippen molar-refractivity contribution in [2.75, 3.05) is 5.75 Å². The van der Waals surface area contributed by atoms with Gasteiger partial charge in [0.2, 0.25) is 0 Å². The Labute approximate surface area is 128 Å². The van der Waals surface area contributed by atoms with Crippen molar-refractivity contribution in [3.8, 4) is 0 Å². The molecule has 1 N–H and O–H groups in total. The van der Waals surface area contributed by atoms with Crippen LogP contribution in [0, 0.1) is 5.92 Å². The monoisotopic (exact) mass is 338 g/mol. The molecular formula is C13H16Cl2O4S. The van der Waals surface area contributed by atoms with Crippen LogP contribution in [0.2, 0.25) is 10.0 Å². The maximum absolute atomic E-state index is 12.2. The molecule has 0 saturated heterocycles. The quantitative estimate of drug-likeness (QED) is 0.853. The van der Waals surface area contributed by atoms with E-state index >= 15 is 0 Å². The van der Waals surface area contributed by atoms with Crippen molar-refractivity contribution in [3.63, 3.8) is 0 Å². The summed E-state index contributed by atoms with van der Waals surface area (Å²) in [5, 5.41) is 8.74. The minimum Gasteiger partial charge on any atom is -0.478 e. The van der Waals surface area contributed by atoms with E-state index < -0.39 is 15.8 Å². The molecule has 0 atom stereocenters. The first-order chi connectivity index (χ1) is 9.15. The van der Waals surface area contributed by atoms with E-state index in [0.717, 1.165) is 12.5 Å². The van der Waals surface area contributed by atoms with Crippen LogP contribution < -0.4 is 0 Å². The summed E-state index contributed by atoms with van der Waals surface area (Å²) in [5.74, 6) is -0.990. The van der Waals surface area contributed by atoms with Gasteiger partial charge in [0.05, 0.1) is 21.2 Å². The Bertz CT molecular complexity index is 609. The van der Waals surface area contributed by atoms with Crippen LogP contribution in [-0.4, -0.2) is 25.2 Å². The standard InChI is InChI=1S/C13H16Cl2O4S/c1-8(2)4-3-5-20(18,19)11-7-9(14)6-10(12(11)15)13(16)17/h6-8H,3-5H2,1-2H3,(H,16,17). The Morgan fingerprint density at radius 3 is 2.40 bits per heavy atom. The van der Waals surface area contributed by atoms with E-state index in [4.69, 9.17) is 28.3 Å². The third kappa shape index (κ3) is 4.36. The van der Waals surface area contributed by atoms with Crippen molar-refractivity contribution in [2.24, 2.45) is 5.92 Å². The van der Waals surface area contributed by atoms with Gasteiger partial charge in [-0.25, -0.2) is 13.2 Å². The van der Waals surface area contributed by atoms with Crippen LogP contribution in [-0.2, 0) is 9.84 Å². The van der Waals surface area contributed by atoms with Crippen LogP contribution >= 0.6 is 23.2 Å². The summed E-state index contributed by atoms with van der Waals surface area (Å²) in [7, 11) is -3.64. The topological polar surface area (TPSA) is 71.4 Å². The molecule has 7 heteroatoms. The molecule has 1 aromatic carbocycles. The summed E-state index contributed by atoms with van der Waals surface area (Å²) < 4.78 is 24.5. The Kier molecular flexibility index (Phi) is 5.86. The van der Waals surface area contributed by atoms with Crippen LogP contribution in [0.5, 0.6) is 0 Å². The van der Waals surface area contributed by atoms with Gasteiger partial charge in [-0.05, 0) is 30.9 Å². The molecule has 0 spiro atoms. The summed E-state index contributed by atoms with van der Waals surface area (Å²) in [5.41, 5.74) is -0.304. The van der Waals surface area contributed by atoms with Crippen LogP contribution in [0.1, 0.15) is 37.0 Å². The lowest BCUT2D eigenvalue weighted by Crippen LogP contribution is -2.10. The first-order valence-corrected chi connectivity index (χ1v) is 8.51. The minimum absolute atomic E-state index is 0.0363. The van der Waals surface area contributed by atoms with Gasteiger partial charge >= 0.3 is 5.97 Å². The highest BCUT2D eigenvalue weighted by molar-refractivity contribution is 7.91. The van der Waals surface area contributed by atoms with Crippen molar-refractivity contribution in [1.29, 1.82) is 0 Å². The lowest BCUT2D eigenvalue weighted by molar-refractivity contribution is 0.0697. The van der Waals surface area contributed by atoms with E-state index in [1.54, 1.807) is 0 Å². The molecule has 1 aromatic rings. The van der Waals surface area contributed by atoms with Gasteiger partial charge in [0.1, 0.15) is 0 Å². The number of aromatic carboxylic acids is 1. The smallest absolute Gasteiger partial charge is 0.337 e. The SMILES string of the molecule is CC(C)CCCS(=O)(=O)c1cc(Cl)cc(C(=O)O)c1Cl. The van der Waals surface area contributed by atoms with E-state index in [1.165, 1.54) is 6.07 Å². The highest BCUT2D eigenvalue weighted by Gasteiger charge is 2.23. The molecular weight excluding hydrogens is 323 g/mol. The third-order valence-corrected chi connectivity index (χ3v) is 5.32. The molecule has 1 rings (SSSR count). The average molecular weight is 339 g/mol.